The van der Waals surface area contributed by atoms with Gasteiger partial charge in [0.2, 0.25) is 0 Å². The maximum Gasteiger partial charge on any atom is 0.283 e. The first kappa shape index (κ1) is 14.5. The summed E-state index contributed by atoms with van der Waals surface area (Å²) in [6.45, 7) is -0.423. The minimum atomic E-state index is -4.35. The molecule has 0 aromatic heterocycles. The summed E-state index contributed by atoms with van der Waals surface area (Å²) in [6.07, 6.45) is 0. The lowest BCUT2D eigenvalue weighted by atomic mass is 10.6. The second-order valence-corrected chi connectivity index (χ2v) is 6.01. The first-order chi connectivity index (χ1) is 6.51. The van der Waals surface area contributed by atoms with Crippen LogP contribution < -0.4 is 5.73 Å². The van der Waals surface area contributed by atoms with Crippen molar-refractivity contribution in [3.05, 3.63) is 0 Å². The van der Waals surface area contributed by atoms with Gasteiger partial charge in [0.15, 0.2) is 5.11 Å². The van der Waals surface area contributed by atoms with Gasteiger partial charge in [0.1, 0.15) is 5.88 Å². The summed E-state index contributed by atoms with van der Waals surface area (Å²) in [5.41, 5.74) is 5.08. The highest BCUT2D eigenvalue weighted by molar-refractivity contribution is 7.86. The van der Waals surface area contributed by atoms with E-state index in [1.807, 2.05) is 0 Å². The van der Waals surface area contributed by atoms with E-state index in [1.54, 1.807) is 0 Å². The van der Waals surface area contributed by atoms with Crippen molar-refractivity contribution in [1.29, 1.82) is 0 Å². The third-order valence-electron chi connectivity index (χ3n) is 1.25. The molecular weight excluding hydrogens is 268 g/mol. The Kier molecular flexibility index (Phi) is 4.86. The largest absolute Gasteiger partial charge is 0.376 e. The van der Waals surface area contributed by atoms with Crippen molar-refractivity contribution in [3.63, 3.8) is 0 Å². The van der Waals surface area contributed by atoms with Gasteiger partial charge in [-0.05, 0) is 12.2 Å². The van der Waals surface area contributed by atoms with Crippen LogP contribution in [0.15, 0.2) is 0 Å². The molecule has 4 N–H and O–H groups in total. The van der Waals surface area contributed by atoms with Crippen LogP contribution in [0.2, 0.25) is 0 Å². The first-order valence-corrected chi connectivity index (χ1v) is 7.08. The molecule has 15 heavy (non-hydrogen) atoms. The molecule has 0 saturated carbocycles. The van der Waals surface area contributed by atoms with Crippen LogP contribution in [0, 0.1) is 0 Å². The summed E-state index contributed by atoms with van der Waals surface area (Å²) in [5.74, 6) is -1.66. The van der Waals surface area contributed by atoms with Gasteiger partial charge < -0.3 is 10.6 Å². The van der Waals surface area contributed by atoms with E-state index in [4.69, 9.17) is 14.8 Å². The molecule has 0 aliphatic carbocycles. The molecule has 11 heteroatoms. The Labute approximate surface area is 92.5 Å². The fraction of sp³-hybridized carbons (Fsp3) is 0.750. The summed E-state index contributed by atoms with van der Waals surface area (Å²) in [4.78, 5) is 0.735. The highest BCUT2D eigenvalue weighted by atomic mass is 32.2. The smallest absolute Gasteiger partial charge is 0.283 e. The minimum absolute atomic E-state index is 0.392. The minimum Gasteiger partial charge on any atom is -0.376 e. The summed E-state index contributed by atoms with van der Waals surface area (Å²) < 4.78 is 58.5. The Bertz CT molecular complexity index is 425. The molecular formula is C4H10N2O6S3. The van der Waals surface area contributed by atoms with Crippen molar-refractivity contribution >= 4 is 37.6 Å². The molecule has 0 fully saturated rings. The second kappa shape index (κ2) is 5.03. The molecule has 0 unspecified atom stereocenters. The van der Waals surface area contributed by atoms with Crippen molar-refractivity contribution < 1.29 is 25.9 Å². The van der Waals surface area contributed by atoms with Gasteiger partial charge in [-0.25, -0.2) is 0 Å². The summed E-state index contributed by atoms with van der Waals surface area (Å²) in [5, 5.41) is -0.392. The molecule has 0 rings (SSSR count). The monoisotopic (exact) mass is 278 g/mol. The number of rotatable bonds is 5. The molecule has 0 aromatic carbocycles. The summed E-state index contributed by atoms with van der Waals surface area (Å²) in [7, 11) is -8.60. The Balaban J connectivity index is 4.51. The Morgan fingerprint density at radius 3 is 1.93 bits per heavy atom. The zero-order valence-corrected chi connectivity index (χ0v) is 9.85. The van der Waals surface area contributed by atoms with E-state index in [1.165, 1.54) is 0 Å². The maximum absolute atomic E-state index is 10.5. The molecule has 0 amide bonds. The van der Waals surface area contributed by atoms with Gasteiger partial charge >= 0.3 is 0 Å². The molecule has 0 aromatic rings. The van der Waals surface area contributed by atoms with Crippen molar-refractivity contribution in [2.24, 2.45) is 5.73 Å². The first-order valence-electron chi connectivity index (χ1n) is 3.46. The van der Waals surface area contributed by atoms with Gasteiger partial charge in [0, 0.05) is 6.54 Å². The van der Waals surface area contributed by atoms with E-state index in [2.05, 4.69) is 12.2 Å². The van der Waals surface area contributed by atoms with E-state index in [0.717, 1.165) is 4.90 Å². The average molecular weight is 278 g/mol. The standard InChI is InChI=1S/C4H10N2O6S3/c5-4(13)6(3-15(10,11)12)1-2-14(7,8)9/h1-3H2,(H2,5,13)(H,7,8,9)(H,10,11,12). The van der Waals surface area contributed by atoms with Crippen LogP contribution in [0.4, 0.5) is 0 Å². The zero-order valence-electron chi connectivity index (χ0n) is 7.40. The molecule has 90 valence electrons. The fourth-order valence-corrected chi connectivity index (χ4v) is 2.01. The normalized spacial score (nSPS) is 12.4. The van der Waals surface area contributed by atoms with Gasteiger partial charge in [-0.3, -0.25) is 9.11 Å². The lowest BCUT2D eigenvalue weighted by Gasteiger charge is -2.19. The maximum atomic E-state index is 10.5. The molecule has 0 heterocycles. The van der Waals surface area contributed by atoms with Crippen molar-refractivity contribution in [3.8, 4) is 0 Å². The predicted molar refractivity (Wildman–Crippen MR) is 56.3 cm³/mol. The van der Waals surface area contributed by atoms with Crippen molar-refractivity contribution in [2.45, 2.75) is 0 Å². The lowest BCUT2D eigenvalue weighted by Crippen LogP contribution is -2.41. The van der Waals surface area contributed by atoms with Gasteiger partial charge in [-0.15, -0.1) is 0 Å². The number of nitrogens with zero attached hydrogens (tertiary/aromatic N) is 1. The predicted octanol–water partition coefficient (Wildman–Crippen LogP) is -1.73. The molecule has 0 radical (unpaired) electrons. The van der Waals surface area contributed by atoms with E-state index >= 15 is 0 Å². The van der Waals surface area contributed by atoms with E-state index in [-0.39, 0.29) is 0 Å². The van der Waals surface area contributed by atoms with E-state index in [0.29, 0.717) is 0 Å². The fourth-order valence-electron chi connectivity index (χ4n) is 0.661. The second-order valence-electron chi connectivity index (χ2n) is 2.60. The SMILES string of the molecule is NC(=S)N(CCS(=O)(=O)O)CS(=O)(=O)O. The summed E-state index contributed by atoms with van der Waals surface area (Å²) in [6, 6.07) is 0. The van der Waals surface area contributed by atoms with Crippen LogP contribution >= 0.6 is 12.2 Å². The van der Waals surface area contributed by atoms with Gasteiger partial charge in [-0.2, -0.15) is 16.8 Å². The van der Waals surface area contributed by atoms with E-state index < -0.39 is 43.5 Å². The highest BCUT2D eigenvalue weighted by Crippen LogP contribution is 1.95. The third kappa shape index (κ3) is 8.50. The number of nitrogens with two attached hydrogens (primary N) is 1. The molecule has 0 aliphatic heterocycles. The summed E-state index contributed by atoms with van der Waals surface area (Å²) >= 11 is 4.43. The zero-order chi connectivity index (χ0) is 12.3. The molecule has 0 spiro atoms. The van der Waals surface area contributed by atoms with Crippen molar-refractivity contribution in [2.75, 3.05) is 18.2 Å². The lowest BCUT2D eigenvalue weighted by molar-refractivity contribution is 0.425. The molecule has 0 bridgehead atoms. The van der Waals surface area contributed by atoms with Crippen LogP contribution in [-0.4, -0.2) is 54.1 Å². The quantitative estimate of drug-likeness (QED) is 0.395. The average Bonchev–Trinajstić information content (AvgIpc) is 1.93. The number of hydrogen-bond donors (Lipinski definition) is 3. The van der Waals surface area contributed by atoms with E-state index in [9.17, 15) is 16.8 Å². The topological polar surface area (TPSA) is 138 Å². The van der Waals surface area contributed by atoms with Gasteiger partial charge in [-0.1, -0.05) is 0 Å². The van der Waals surface area contributed by atoms with Gasteiger partial charge in [0.05, 0.1) is 5.75 Å². The molecule has 0 aliphatic rings. The Morgan fingerprint density at radius 2 is 1.67 bits per heavy atom. The van der Waals surface area contributed by atoms with Gasteiger partial charge in [0.25, 0.3) is 20.2 Å². The molecule has 0 saturated heterocycles. The number of hydrogen-bond acceptors (Lipinski definition) is 5. The third-order valence-corrected chi connectivity index (χ3v) is 2.84. The van der Waals surface area contributed by atoms with Crippen LogP contribution in [0.3, 0.4) is 0 Å². The molecule has 8 nitrogen and oxygen atoms in total. The Morgan fingerprint density at radius 1 is 1.20 bits per heavy atom. The van der Waals surface area contributed by atoms with Crippen molar-refractivity contribution in [1.82, 2.24) is 4.90 Å². The van der Waals surface area contributed by atoms with Crippen LogP contribution in [0.1, 0.15) is 0 Å². The number of thiocarbonyl (C=S) groups is 1. The molecule has 0 atom stereocenters. The van der Waals surface area contributed by atoms with Crippen LogP contribution in [0.25, 0.3) is 0 Å². The van der Waals surface area contributed by atoms with Crippen LogP contribution in [-0.2, 0) is 20.2 Å². The Hall–Kier alpha value is -0.490. The van der Waals surface area contributed by atoms with Crippen LogP contribution in [0.5, 0.6) is 0 Å². The highest BCUT2D eigenvalue weighted by Gasteiger charge is 2.17.